The lowest BCUT2D eigenvalue weighted by atomic mass is 10.1. The molecule has 22 heavy (non-hydrogen) atoms. The van der Waals surface area contributed by atoms with Crippen LogP contribution in [0.25, 0.3) is 0 Å². The number of hydrogen-bond donors (Lipinski definition) is 2. The Bertz CT molecular complexity index is 662. The Kier molecular flexibility index (Phi) is 5.46. The summed E-state index contributed by atoms with van der Waals surface area (Å²) in [7, 11) is 0. The lowest BCUT2D eigenvalue weighted by Crippen LogP contribution is -2.30. The second-order valence-corrected chi connectivity index (χ2v) is 5.27. The van der Waals surface area contributed by atoms with E-state index < -0.39 is 11.6 Å². The number of anilines is 1. The van der Waals surface area contributed by atoms with Gasteiger partial charge in [-0.2, -0.15) is 0 Å². The van der Waals surface area contributed by atoms with Gasteiger partial charge in [-0.05, 0) is 48.9 Å². The molecule has 2 N–H and O–H groups in total. The van der Waals surface area contributed by atoms with Crippen molar-refractivity contribution in [3.63, 3.8) is 0 Å². The standard InChI is InChI=1S/C16H15ClF2N2O/c1-10(11-2-7-14(18)15(19)8-11)20-9-16(22)21-13-5-3-12(17)4-6-13/h2-8,10,20H,9H2,1H3,(H,21,22)/t10-/m1/s1. The summed E-state index contributed by atoms with van der Waals surface area (Å²) in [5, 5.41) is 6.24. The molecule has 0 bridgehead atoms. The molecule has 3 nitrogen and oxygen atoms in total. The summed E-state index contributed by atoms with van der Waals surface area (Å²) in [6.07, 6.45) is 0. The van der Waals surface area contributed by atoms with E-state index in [2.05, 4.69) is 10.6 Å². The van der Waals surface area contributed by atoms with Crippen molar-refractivity contribution in [2.45, 2.75) is 13.0 Å². The molecule has 0 fully saturated rings. The SMILES string of the molecule is C[C@@H](NCC(=O)Nc1ccc(Cl)cc1)c1ccc(F)c(F)c1. The minimum atomic E-state index is -0.906. The molecule has 2 aromatic carbocycles. The second-order valence-electron chi connectivity index (χ2n) is 4.83. The zero-order valence-corrected chi connectivity index (χ0v) is 12.6. The fourth-order valence-corrected chi connectivity index (χ4v) is 2.01. The number of halogens is 3. The molecule has 2 rings (SSSR count). The normalized spacial score (nSPS) is 12.0. The van der Waals surface area contributed by atoms with Gasteiger partial charge in [0.15, 0.2) is 11.6 Å². The maximum Gasteiger partial charge on any atom is 0.238 e. The molecule has 0 aliphatic carbocycles. The number of carbonyl (C=O) groups excluding carboxylic acids is 1. The summed E-state index contributed by atoms with van der Waals surface area (Å²) >= 11 is 5.76. The molecule has 116 valence electrons. The number of amides is 1. The first kappa shape index (κ1) is 16.4. The van der Waals surface area contributed by atoms with Crippen molar-refractivity contribution in [3.05, 3.63) is 64.7 Å². The Morgan fingerprint density at radius 1 is 1.14 bits per heavy atom. The fourth-order valence-electron chi connectivity index (χ4n) is 1.88. The molecule has 0 unspecified atom stereocenters. The van der Waals surface area contributed by atoms with Gasteiger partial charge >= 0.3 is 0 Å². The van der Waals surface area contributed by atoms with Crippen LogP contribution in [0.4, 0.5) is 14.5 Å². The van der Waals surface area contributed by atoms with Gasteiger partial charge in [-0.15, -0.1) is 0 Å². The van der Waals surface area contributed by atoms with Crippen LogP contribution in [0, 0.1) is 11.6 Å². The molecule has 1 atom stereocenters. The van der Waals surface area contributed by atoms with Crippen molar-refractivity contribution in [1.29, 1.82) is 0 Å². The Morgan fingerprint density at radius 3 is 2.45 bits per heavy atom. The number of hydrogen-bond acceptors (Lipinski definition) is 2. The van der Waals surface area contributed by atoms with Crippen LogP contribution in [-0.4, -0.2) is 12.5 Å². The van der Waals surface area contributed by atoms with Crippen LogP contribution in [-0.2, 0) is 4.79 Å². The Balaban J connectivity index is 1.87. The molecular weight excluding hydrogens is 310 g/mol. The van der Waals surface area contributed by atoms with Crippen molar-refractivity contribution in [1.82, 2.24) is 5.32 Å². The van der Waals surface area contributed by atoms with Crippen molar-refractivity contribution in [2.24, 2.45) is 0 Å². The summed E-state index contributed by atoms with van der Waals surface area (Å²) in [6.45, 7) is 1.81. The monoisotopic (exact) mass is 324 g/mol. The summed E-state index contributed by atoms with van der Waals surface area (Å²) in [4.78, 5) is 11.8. The van der Waals surface area contributed by atoms with E-state index >= 15 is 0 Å². The lowest BCUT2D eigenvalue weighted by Gasteiger charge is -2.14. The topological polar surface area (TPSA) is 41.1 Å². The smallest absolute Gasteiger partial charge is 0.238 e. The van der Waals surface area contributed by atoms with Crippen LogP contribution in [0.1, 0.15) is 18.5 Å². The fraction of sp³-hybridized carbons (Fsp3) is 0.188. The predicted octanol–water partition coefficient (Wildman–Crippen LogP) is 3.91. The molecule has 0 spiro atoms. The zero-order valence-electron chi connectivity index (χ0n) is 11.9. The second kappa shape index (κ2) is 7.33. The Hall–Kier alpha value is -1.98. The van der Waals surface area contributed by atoms with E-state index in [9.17, 15) is 13.6 Å². The van der Waals surface area contributed by atoms with Gasteiger partial charge in [0.2, 0.25) is 5.91 Å². The minimum Gasteiger partial charge on any atom is -0.325 e. The Labute approximate surface area is 132 Å². The molecular formula is C16H15ClF2N2O. The zero-order chi connectivity index (χ0) is 16.1. The summed E-state index contributed by atoms with van der Waals surface area (Å²) in [6, 6.07) is 10.1. The molecule has 0 aromatic heterocycles. The van der Waals surface area contributed by atoms with E-state index in [4.69, 9.17) is 11.6 Å². The molecule has 0 radical (unpaired) electrons. The maximum absolute atomic E-state index is 13.2. The van der Waals surface area contributed by atoms with Gasteiger partial charge in [-0.1, -0.05) is 17.7 Å². The highest BCUT2D eigenvalue weighted by atomic mass is 35.5. The average Bonchev–Trinajstić information content (AvgIpc) is 2.50. The van der Waals surface area contributed by atoms with E-state index in [-0.39, 0.29) is 18.5 Å². The largest absolute Gasteiger partial charge is 0.325 e. The van der Waals surface area contributed by atoms with Crippen molar-refractivity contribution >= 4 is 23.2 Å². The van der Waals surface area contributed by atoms with Crippen LogP contribution in [0.15, 0.2) is 42.5 Å². The lowest BCUT2D eigenvalue weighted by molar-refractivity contribution is -0.115. The van der Waals surface area contributed by atoms with Crippen LogP contribution in [0.5, 0.6) is 0 Å². The first-order chi connectivity index (χ1) is 10.5. The molecule has 0 heterocycles. The highest BCUT2D eigenvalue weighted by Crippen LogP contribution is 2.16. The first-order valence-corrected chi connectivity index (χ1v) is 7.07. The third-order valence-corrected chi connectivity index (χ3v) is 3.39. The summed E-state index contributed by atoms with van der Waals surface area (Å²) < 4.78 is 26.0. The first-order valence-electron chi connectivity index (χ1n) is 6.69. The van der Waals surface area contributed by atoms with E-state index in [1.165, 1.54) is 6.07 Å². The number of nitrogens with one attached hydrogen (secondary N) is 2. The predicted molar refractivity (Wildman–Crippen MR) is 82.9 cm³/mol. The molecule has 1 amide bonds. The third-order valence-electron chi connectivity index (χ3n) is 3.14. The highest BCUT2D eigenvalue weighted by Gasteiger charge is 2.10. The van der Waals surface area contributed by atoms with Crippen molar-refractivity contribution < 1.29 is 13.6 Å². The molecule has 2 aromatic rings. The Morgan fingerprint density at radius 2 is 1.82 bits per heavy atom. The van der Waals surface area contributed by atoms with Gasteiger partial charge in [0.05, 0.1) is 6.54 Å². The van der Waals surface area contributed by atoms with Gasteiger partial charge in [0, 0.05) is 16.8 Å². The number of rotatable bonds is 5. The van der Waals surface area contributed by atoms with E-state index in [0.717, 1.165) is 12.1 Å². The van der Waals surface area contributed by atoms with Crippen LogP contribution in [0.3, 0.4) is 0 Å². The number of carbonyl (C=O) groups is 1. The quantitative estimate of drug-likeness (QED) is 0.875. The molecule has 0 aliphatic heterocycles. The van der Waals surface area contributed by atoms with E-state index in [0.29, 0.717) is 16.3 Å². The molecule has 6 heteroatoms. The third kappa shape index (κ3) is 4.51. The van der Waals surface area contributed by atoms with Gasteiger partial charge < -0.3 is 10.6 Å². The van der Waals surface area contributed by atoms with Crippen molar-refractivity contribution in [2.75, 3.05) is 11.9 Å². The van der Waals surface area contributed by atoms with Gasteiger partial charge in [0.1, 0.15) is 0 Å². The maximum atomic E-state index is 13.2. The van der Waals surface area contributed by atoms with Crippen LogP contribution in [0.2, 0.25) is 5.02 Å². The van der Waals surface area contributed by atoms with E-state index in [1.807, 2.05) is 0 Å². The van der Waals surface area contributed by atoms with Gasteiger partial charge in [0.25, 0.3) is 0 Å². The van der Waals surface area contributed by atoms with E-state index in [1.54, 1.807) is 31.2 Å². The molecule has 0 saturated carbocycles. The number of benzene rings is 2. The molecule has 0 aliphatic rings. The van der Waals surface area contributed by atoms with Gasteiger partial charge in [-0.3, -0.25) is 4.79 Å². The van der Waals surface area contributed by atoms with Crippen LogP contribution < -0.4 is 10.6 Å². The van der Waals surface area contributed by atoms with Gasteiger partial charge in [-0.25, -0.2) is 8.78 Å². The van der Waals surface area contributed by atoms with Crippen LogP contribution >= 0.6 is 11.6 Å². The molecule has 0 saturated heterocycles. The average molecular weight is 325 g/mol. The highest BCUT2D eigenvalue weighted by molar-refractivity contribution is 6.30. The summed E-state index contributed by atoms with van der Waals surface area (Å²) in [5.41, 5.74) is 1.20. The minimum absolute atomic E-state index is 0.0444. The summed E-state index contributed by atoms with van der Waals surface area (Å²) in [5.74, 6) is -2.04. The van der Waals surface area contributed by atoms with Crippen molar-refractivity contribution in [3.8, 4) is 0 Å².